The summed E-state index contributed by atoms with van der Waals surface area (Å²) in [5.74, 6) is 0.688. The molecule has 2 heterocycles. The van der Waals surface area contributed by atoms with E-state index in [2.05, 4.69) is 94.8 Å². The molecule has 0 N–H and O–H groups in total. The van der Waals surface area contributed by atoms with Gasteiger partial charge >= 0.3 is 0 Å². The largest absolute Gasteiger partial charge is 0.455 e. The molecule has 0 bridgehead atoms. The zero-order valence-corrected chi connectivity index (χ0v) is 21.9. The van der Waals surface area contributed by atoms with Crippen LogP contribution in [-0.2, 0) is 0 Å². The highest BCUT2D eigenvalue weighted by atomic mass is 79.9. The lowest BCUT2D eigenvalue weighted by Gasteiger charge is -2.10. The summed E-state index contributed by atoms with van der Waals surface area (Å²) in [6, 6.07) is 43.4. The Morgan fingerprint density at radius 1 is 0.500 bits per heavy atom. The van der Waals surface area contributed by atoms with Gasteiger partial charge in [0.1, 0.15) is 11.2 Å². The summed E-state index contributed by atoms with van der Waals surface area (Å²) >= 11 is 3.59. The van der Waals surface area contributed by atoms with Crippen molar-refractivity contribution in [2.75, 3.05) is 0 Å². The van der Waals surface area contributed by atoms with E-state index in [1.165, 1.54) is 0 Å². The molecule has 38 heavy (non-hydrogen) atoms. The molecule has 0 aliphatic heterocycles. The fraction of sp³-hybridized carbons (Fsp3) is 0. The first kappa shape index (κ1) is 22.6. The molecular formula is C34H21BrN2O. The average Bonchev–Trinajstić information content (AvgIpc) is 3.36. The molecule has 0 radical (unpaired) electrons. The molecule has 0 unspecified atom stereocenters. The van der Waals surface area contributed by atoms with Crippen LogP contribution in [0.5, 0.6) is 0 Å². The molecule has 2 aromatic heterocycles. The lowest BCUT2D eigenvalue weighted by molar-refractivity contribution is 0.670. The number of hydrogen-bond donors (Lipinski definition) is 0. The Morgan fingerprint density at radius 3 is 1.84 bits per heavy atom. The van der Waals surface area contributed by atoms with Crippen LogP contribution < -0.4 is 0 Å². The van der Waals surface area contributed by atoms with Crippen LogP contribution in [0.3, 0.4) is 0 Å². The Labute approximate surface area is 228 Å². The number of hydrogen-bond acceptors (Lipinski definition) is 3. The van der Waals surface area contributed by atoms with E-state index in [0.717, 1.165) is 65.6 Å². The summed E-state index contributed by atoms with van der Waals surface area (Å²) < 4.78 is 7.37. The number of para-hydroxylation sites is 1. The van der Waals surface area contributed by atoms with E-state index in [0.29, 0.717) is 5.82 Å². The first-order valence-electron chi connectivity index (χ1n) is 12.4. The first-order chi connectivity index (χ1) is 18.7. The van der Waals surface area contributed by atoms with E-state index in [-0.39, 0.29) is 0 Å². The molecule has 0 saturated carbocycles. The lowest BCUT2D eigenvalue weighted by Crippen LogP contribution is -1.96. The monoisotopic (exact) mass is 552 g/mol. The minimum absolute atomic E-state index is 0.688. The van der Waals surface area contributed by atoms with Crippen LogP contribution in [0.15, 0.2) is 136 Å². The standard InChI is InChI=1S/C34H21BrN2O/c35-26-17-18-32-29(20-26)28-16-8-15-27(33(28)38-32)24-13-7-14-25(19-24)34-36-30(22-9-3-1-4-10-22)21-31(37-34)23-11-5-2-6-12-23/h1-21H. The molecule has 5 aromatic carbocycles. The quantitative estimate of drug-likeness (QED) is 0.218. The predicted octanol–water partition coefficient (Wildman–Crippen LogP) is 9.81. The second-order valence-electron chi connectivity index (χ2n) is 9.20. The Balaban J connectivity index is 1.40. The second-order valence-corrected chi connectivity index (χ2v) is 10.1. The topological polar surface area (TPSA) is 38.9 Å². The van der Waals surface area contributed by atoms with Gasteiger partial charge in [0.05, 0.1) is 11.4 Å². The van der Waals surface area contributed by atoms with Crippen molar-refractivity contribution in [3.63, 3.8) is 0 Å². The van der Waals surface area contributed by atoms with Crippen molar-refractivity contribution in [2.24, 2.45) is 0 Å². The SMILES string of the molecule is Brc1ccc2oc3c(-c4cccc(-c5nc(-c6ccccc6)cc(-c6ccccc6)n5)c4)cccc3c2c1. The third kappa shape index (κ3) is 4.09. The molecule has 180 valence electrons. The number of rotatable bonds is 4. The van der Waals surface area contributed by atoms with E-state index < -0.39 is 0 Å². The smallest absolute Gasteiger partial charge is 0.160 e. The molecule has 0 aliphatic carbocycles. The minimum atomic E-state index is 0.688. The van der Waals surface area contributed by atoms with E-state index >= 15 is 0 Å². The van der Waals surface area contributed by atoms with Crippen LogP contribution in [0.4, 0.5) is 0 Å². The Kier molecular flexibility index (Phi) is 5.60. The van der Waals surface area contributed by atoms with Gasteiger partial charge in [-0.05, 0) is 35.9 Å². The molecule has 7 aromatic rings. The zero-order valence-electron chi connectivity index (χ0n) is 20.3. The molecule has 3 nitrogen and oxygen atoms in total. The van der Waals surface area contributed by atoms with Gasteiger partial charge in [-0.25, -0.2) is 9.97 Å². The predicted molar refractivity (Wildman–Crippen MR) is 159 cm³/mol. The van der Waals surface area contributed by atoms with Crippen molar-refractivity contribution in [3.05, 3.63) is 132 Å². The number of fused-ring (bicyclic) bond motifs is 3. The molecule has 0 aliphatic rings. The molecular weight excluding hydrogens is 532 g/mol. The van der Waals surface area contributed by atoms with Crippen LogP contribution in [0.25, 0.3) is 67.0 Å². The number of nitrogens with zero attached hydrogens (tertiary/aromatic N) is 2. The molecule has 4 heteroatoms. The van der Waals surface area contributed by atoms with Gasteiger partial charge in [-0.2, -0.15) is 0 Å². The summed E-state index contributed by atoms with van der Waals surface area (Å²) in [5.41, 5.74) is 8.70. The second kappa shape index (κ2) is 9.40. The van der Waals surface area contributed by atoms with Crippen molar-refractivity contribution < 1.29 is 4.42 Å². The maximum absolute atomic E-state index is 6.34. The molecule has 0 saturated heterocycles. The summed E-state index contributed by atoms with van der Waals surface area (Å²) in [6.45, 7) is 0. The molecule has 0 fully saturated rings. The van der Waals surface area contributed by atoms with E-state index in [1.54, 1.807) is 0 Å². The summed E-state index contributed by atoms with van der Waals surface area (Å²) in [6.07, 6.45) is 0. The van der Waals surface area contributed by atoms with Crippen LogP contribution in [0.2, 0.25) is 0 Å². The molecule has 7 rings (SSSR count). The fourth-order valence-corrected chi connectivity index (χ4v) is 5.27. The van der Waals surface area contributed by atoms with Crippen molar-refractivity contribution in [2.45, 2.75) is 0 Å². The van der Waals surface area contributed by atoms with Gasteiger partial charge in [-0.3, -0.25) is 0 Å². The van der Waals surface area contributed by atoms with Crippen molar-refractivity contribution >= 4 is 37.9 Å². The Morgan fingerprint density at radius 2 is 1.13 bits per heavy atom. The summed E-state index contributed by atoms with van der Waals surface area (Å²) in [7, 11) is 0. The van der Waals surface area contributed by atoms with E-state index in [1.807, 2.05) is 48.5 Å². The van der Waals surface area contributed by atoms with Crippen LogP contribution in [0.1, 0.15) is 0 Å². The number of furan rings is 1. The molecule has 0 spiro atoms. The van der Waals surface area contributed by atoms with Gasteiger partial charge in [0.2, 0.25) is 0 Å². The maximum Gasteiger partial charge on any atom is 0.160 e. The average molecular weight is 553 g/mol. The van der Waals surface area contributed by atoms with Gasteiger partial charge in [0, 0.05) is 37.5 Å². The first-order valence-corrected chi connectivity index (χ1v) is 13.2. The van der Waals surface area contributed by atoms with Crippen molar-refractivity contribution in [3.8, 4) is 45.0 Å². The minimum Gasteiger partial charge on any atom is -0.455 e. The van der Waals surface area contributed by atoms with Crippen molar-refractivity contribution in [1.82, 2.24) is 9.97 Å². The van der Waals surface area contributed by atoms with Crippen molar-refractivity contribution in [1.29, 1.82) is 0 Å². The normalized spacial score (nSPS) is 11.3. The third-order valence-electron chi connectivity index (χ3n) is 6.76. The van der Waals surface area contributed by atoms with Gasteiger partial charge in [0.25, 0.3) is 0 Å². The lowest BCUT2D eigenvalue weighted by atomic mass is 10.00. The maximum atomic E-state index is 6.34. The fourth-order valence-electron chi connectivity index (χ4n) is 4.91. The highest BCUT2D eigenvalue weighted by Gasteiger charge is 2.15. The van der Waals surface area contributed by atoms with Gasteiger partial charge in [-0.15, -0.1) is 0 Å². The zero-order chi connectivity index (χ0) is 25.5. The third-order valence-corrected chi connectivity index (χ3v) is 7.25. The number of benzene rings is 5. The Hall–Kier alpha value is -4.54. The highest BCUT2D eigenvalue weighted by molar-refractivity contribution is 9.10. The number of halogens is 1. The number of aromatic nitrogens is 2. The molecule has 0 amide bonds. The van der Waals surface area contributed by atoms with E-state index in [9.17, 15) is 0 Å². The van der Waals surface area contributed by atoms with Gasteiger partial charge in [0.15, 0.2) is 5.82 Å². The summed E-state index contributed by atoms with van der Waals surface area (Å²) in [4.78, 5) is 10.0. The van der Waals surface area contributed by atoms with Crippen LogP contribution in [-0.4, -0.2) is 9.97 Å². The van der Waals surface area contributed by atoms with Gasteiger partial charge in [-0.1, -0.05) is 113 Å². The molecule has 0 atom stereocenters. The summed E-state index contributed by atoms with van der Waals surface area (Å²) in [5, 5.41) is 2.19. The van der Waals surface area contributed by atoms with Crippen LogP contribution in [0, 0.1) is 0 Å². The Bertz CT molecular complexity index is 1870. The highest BCUT2D eigenvalue weighted by Crippen LogP contribution is 2.38. The van der Waals surface area contributed by atoms with E-state index in [4.69, 9.17) is 14.4 Å². The van der Waals surface area contributed by atoms with Crippen LogP contribution >= 0.6 is 15.9 Å². The van der Waals surface area contributed by atoms with Gasteiger partial charge < -0.3 is 4.42 Å².